The van der Waals surface area contributed by atoms with Crippen LogP contribution in [0.15, 0.2) is 0 Å². The van der Waals surface area contributed by atoms with Gasteiger partial charge < -0.3 is 0 Å². The fourth-order valence-electron chi connectivity index (χ4n) is 0. The Kier molecular flexibility index (Phi) is 109. The normalized spacial score (nSPS) is 0. The largest absolute Gasteiger partial charge is 0 e. The van der Waals surface area contributed by atoms with Crippen molar-refractivity contribution in [3.8, 4) is 0 Å². The minimum absolute atomic E-state index is 0. The van der Waals surface area contributed by atoms with Gasteiger partial charge in [-0.25, -0.2) is 0 Å². The molecule has 0 aliphatic carbocycles. The molecule has 0 unspecified atom stereocenters. The Bertz CT molecular complexity index is 8.00. The molecule has 0 rings (SSSR count). The zero-order chi connectivity index (χ0) is 0. The first-order valence-electron chi connectivity index (χ1n) is 0. The van der Waals surface area contributed by atoms with Crippen LogP contribution in [0.25, 0.3) is 0 Å². The van der Waals surface area contributed by atoms with Crippen LogP contribution in [0.2, 0.25) is 0 Å². The summed E-state index contributed by atoms with van der Waals surface area (Å²) in [5.74, 6) is 0. The van der Waals surface area contributed by atoms with Crippen molar-refractivity contribution in [1.82, 2.24) is 0 Å². The van der Waals surface area contributed by atoms with Crippen molar-refractivity contribution in [3.63, 3.8) is 0 Å². The Labute approximate surface area is 97.0 Å². The molecule has 4 radical (unpaired) electrons. The van der Waals surface area contributed by atoms with Gasteiger partial charge in [-0.15, -0.1) is 0 Å². The van der Waals surface area contributed by atoms with E-state index >= 15 is 0 Å². The van der Waals surface area contributed by atoms with Gasteiger partial charge in [-0.2, -0.15) is 0 Å². The molecule has 0 bridgehead atoms. The van der Waals surface area contributed by atoms with E-state index in [9.17, 15) is 0 Å². The molecule has 14 valence electrons. The third kappa shape index (κ3) is 8.99. The third-order valence-electron chi connectivity index (χ3n) is 0. The summed E-state index contributed by atoms with van der Waals surface area (Å²) in [6.45, 7) is 0. The van der Waals surface area contributed by atoms with Crippen molar-refractivity contribution in [3.05, 3.63) is 0 Å². The summed E-state index contributed by atoms with van der Waals surface area (Å²) < 4.78 is 0. The van der Waals surface area contributed by atoms with E-state index < -0.39 is 0 Å². The molecule has 0 atom stereocenters. The van der Waals surface area contributed by atoms with E-state index in [1.807, 2.05) is 0 Å². The van der Waals surface area contributed by atoms with E-state index in [0.29, 0.717) is 0 Å². The van der Waals surface area contributed by atoms with Crippen molar-refractivity contribution in [2.24, 2.45) is 0 Å². The summed E-state index contributed by atoms with van der Waals surface area (Å²) in [6.07, 6.45) is 0. The van der Waals surface area contributed by atoms with Gasteiger partial charge in [-0.3, -0.25) is 0 Å². The molecule has 4 heteroatoms. The van der Waals surface area contributed by atoms with Gasteiger partial charge in [0.15, 0.2) is 0 Å². The third-order valence-corrected chi connectivity index (χ3v) is 0. The summed E-state index contributed by atoms with van der Waals surface area (Å²) in [7, 11) is 0. The Hall–Kier alpha value is 3.27. The monoisotopic (exact) mass is 420 g/mol. The van der Waals surface area contributed by atoms with Gasteiger partial charge in [-0.1, -0.05) is 0 Å². The first-order valence-corrected chi connectivity index (χ1v) is 0. The molecule has 0 aromatic rings. The molecule has 0 aliphatic rings. The molecule has 0 nitrogen and oxygen atoms in total. The van der Waals surface area contributed by atoms with Gasteiger partial charge in [-0.05, 0) is 0 Å². The maximum Gasteiger partial charge on any atom is 0 e. The topological polar surface area (TPSA) is 0 Å². The molecule has 0 fully saturated rings. The summed E-state index contributed by atoms with van der Waals surface area (Å²) in [5.41, 5.74) is 0. The van der Waals surface area contributed by atoms with Crippen molar-refractivity contribution in [2.75, 3.05) is 0 Å². The quantitative estimate of drug-likeness (QED) is 0.470. The van der Waals surface area contributed by atoms with Gasteiger partial charge in [0, 0.05) is 99.2 Å². The molecule has 0 aliphatic heterocycles. The minimum atomic E-state index is 0. The minimum Gasteiger partial charge on any atom is 0 e. The van der Waals surface area contributed by atoms with Crippen molar-refractivity contribution in [1.29, 1.82) is 0 Å². The Morgan fingerprint density at radius 1 is 1.00 bits per heavy atom. The molecule has 0 aromatic carbocycles. The van der Waals surface area contributed by atoms with Crippen LogP contribution in [-0.4, -0.2) is 18.9 Å². The van der Waals surface area contributed by atoms with Crippen LogP contribution >= 0.6 is 0 Å². The Morgan fingerprint density at radius 3 is 1.00 bits per heavy atom. The van der Waals surface area contributed by atoms with Crippen LogP contribution in [0.5, 0.6) is 0 Å². The standard InChI is InChI=1S/La.Li.Nb.Ta. The smallest absolute Gasteiger partial charge is 0 e. The molecule has 0 saturated heterocycles. The fourth-order valence-corrected chi connectivity index (χ4v) is 0. The fraction of sp³-hybridized carbons (Fsp3) is 0. The van der Waals surface area contributed by atoms with Crippen LogP contribution in [-0.2, 0) is 44.8 Å². The summed E-state index contributed by atoms with van der Waals surface area (Å²) in [6, 6.07) is 0. The van der Waals surface area contributed by atoms with Crippen molar-refractivity contribution < 1.29 is 80.4 Å². The molecule has 0 N–H and O–H groups in total. The zero-order valence-corrected chi connectivity index (χ0v) is 11.5. The molecule has 0 heterocycles. The van der Waals surface area contributed by atoms with Gasteiger partial charge in [0.25, 0.3) is 0 Å². The van der Waals surface area contributed by atoms with Gasteiger partial charge >= 0.3 is 0 Å². The first kappa shape index (κ1) is 26.7. The number of hydrogen-bond donors (Lipinski definition) is 0. The van der Waals surface area contributed by atoms with Crippen molar-refractivity contribution in [2.45, 2.75) is 0 Å². The zero-order valence-electron chi connectivity index (χ0n) is 2.47. The number of hydrogen-bond acceptors (Lipinski definition) is 0. The average molecular weight is 420 g/mol. The van der Waals surface area contributed by atoms with Crippen LogP contribution in [0, 0.1) is 35.6 Å². The molecule has 0 amide bonds. The number of rotatable bonds is 0. The van der Waals surface area contributed by atoms with Crippen LogP contribution in [0.1, 0.15) is 0 Å². The second-order valence-corrected chi connectivity index (χ2v) is 0. The Balaban J connectivity index is 0. The van der Waals surface area contributed by atoms with E-state index in [2.05, 4.69) is 0 Å². The maximum absolute atomic E-state index is 0. The van der Waals surface area contributed by atoms with Crippen molar-refractivity contribution >= 4 is 18.9 Å². The average Bonchev–Trinajstić information content (AvgIpc) is 0. The molecular weight excluding hydrogens is 420 g/mol. The van der Waals surface area contributed by atoms with Crippen LogP contribution in [0.4, 0.5) is 0 Å². The molecule has 0 spiro atoms. The predicted molar refractivity (Wildman–Crippen MR) is 5.75 cm³/mol. The first-order chi connectivity index (χ1) is 0. The SMILES string of the molecule is [La].[Li].[Nb].[Ta]. The Morgan fingerprint density at radius 2 is 1.00 bits per heavy atom. The summed E-state index contributed by atoms with van der Waals surface area (Å²) in [4.78, 5) is 0. The van der Waals surface area contributed by atoms with Gasteiger partial charge in [0.05, 0.1) is 0 Å². The second kappa shape index (κ2) is 16.3. The van der Waals surface area contributed by atoms with Gasteiger partial charge in [0.1, 0.15) is 0 Å². The van der Waals surface area contributed by atoms with E-state index in [1.165, 1.54) is 0 Å². The van der Waals surface area contributed by atoms with E-state index in [4.69, 9.17) is 0 Å². The molecule has 4 heavy (non-hydrogen) atoms. The summed E-state index contributed by atoms with van der Waals surface area (Å²) >= 11 is 0. The summed E-state index contributed by atoms with van der Waals surface area (Å²) in [5, 5.41) is 0. The van der Waals surface area contributed by atoms with Crippen LogP contribution < -0.4 is 0 Å². The molecule has 0 aromatic heterocycles. The van der Waals surface area contributed by atoms with E-state index in [1.54, 1.807) is 0 Å². The van der Waals surface area contributed by atoms with E-state index in [0.717, 1.165) is 0 Å². The maximum atomic E-state index is 0. The molecular formula is LaLiNbTa. The van der Waals surface area contributed by atoms with E-state index in [-0.39, 0.29) is 99.2 Å². The van der Waals surface area contributed by atoms with Gasteiger partial charge in [0.2, 0.25) is 0 Å². The predicted octanol–water partition coefficient (Wildman–Crippen LogP) is -0.386. The second-order valence-electron chi connectivity index (χ2n) is 0. The van der Waals surface area contributed by atoms with Crippen LogP contribution in [0.3, 0.4) is 0 Å². The molecule has 0 saturated carbocycles.